The van der Waals surface area contributed by atoms with Crippen LogP contribution in [0.25, 0.3) is 0 Å². The van der Waals surface area contributed by atoms with E-state index in [0.29, 0.717) is 6.54 Å². The minimum Gasteiger partial charge on any atom is -0.494 e. The third-order valence-corrected chi connectivity index (χ3v) is 2.87. The molecule has 102 valence electrons. The average molecular weight is 263 g/mol. The summed E-state index contributed by atoms with van der Waals surface area (Å²) in [4.78, 5) is 3.98. The maximum Gasteiger partial charge on any atom is 0.165 e. The molecular formula is C14H18FN3O. The number of hydrogen-bond acceptors (Lipinski definition) is 3. The van der Waals surface area contributed by atoms with Crippen LogP contribution in [0.5, 0.6) is 5.75 Å². The van der Waals surface area contributed by atoms with E-state index in [9.17, 15) is 4.39 Å². The molecule has 0 radical (unpaired) electrons. The first-order valence-electron chi connectivity index (χ1n) is 6.28. The zero-order valence-electron chi connectivity index (χ0n) is 11.0. The van der Waals surface area contributed by atoms with Crippen molar-refractivity contribution in [3.05, 3.63) is 48.3 Å². The van der Waals surface area contributed by atoms with Crippen molar-refractivity contribution in [2.75, 3.05) is 13.7 Å². The maximum atomic E-state index is 13.4. The van der Waals surface area contributed by atoms with Crippen molar-refractivity contribution in [1.82, 2.24) is 14.9 Å². The van der Waals surface area contributed by atoms with Gasteiger partial charge in [0, 0.05) is 25.5 Å². The predicted octanol–water partition coefficient (Wildman–Crippen LogP) is 2.21. The number of aryl methyl sites for hydroxylation is 1. The molecule has 0 bridgehead atoms. The quantitative estimate of drug-likeness (QED) is 0.778. The van der Waals surface area contributed by atoms with Gasteiger partial charge in [0.1, 0.15) is 0 Å². The standard InChI is InChI=1S/C14H18FN3O/c1-19-14-4-3-12(9-13(14)15)10-16-5-2-7-18-8-6-17-11-18/h3-4,6,8-9,11,16H,2,5,7,10H2,1H3. The Morgan fingerprint density at radius 2 is 2.32 bits per heavy atom. The van der Waals surface area contributed by atoms with Crippen LogP contribution in [-0.2, 0) is 13.1 Å². The van der Waals surface area contributed by atoms with Crippen LogP contribution in [0, 0.1) is 5.82 Å². The summed E-state index contributed by atoms with van der Waals surface area (Å²) in [5.41, 5.74) is 0.918. The van der Waals surface area contributed by atoms with Gasteiger partial charge in [0.2, 0.25) is 0 Å². The summed E-state index contributed by atoms with van der Waals surface area (Å²) in [6, 6.07) is 5.02. The minimum absolute atomic E-state index is 0.281. The molecule has 0 spiro atoms. The van der Waals surface area contributed by atoms with Crippen LogP contribution in [0.3, 0.4) is 0 Å². The lowest BCUT2D eigenvalue weighted by Crippen LogP contribution is -2.16. The van der Waals surface area contributed by atoms with Crippen LogP contribution >= 0.6 is 0 Å². The Bertz CT molecular complexity index is 499. The zero-order chi connectivity index (χ0) is 13.5. The van der Waals surface area contributed by atoms with Crippen molar-refractivity contribution in [3.63, 3.8) is 0 Å². The topological polar surface area (TPSA) is 39.1 Å². The Morgan fingerprint density at radius 1 is 1.42 bits per heavy atom. The van der Waals surface area contributed by atoms with E-state index in [-0.39, 0.29) is 11.6 Å². The summed E-state index contributed by atoms with van der Waals surface area (Å²) in [6.07, 6.45) is 6.53. The van der Waals surface area contributed by atoms with Crippen LogP contribution in [0.4, 0.5) is 4.39 Å². The van der Waals surface area contributed by atoms with Crippen molar-refractivity contribution >= 4 is 0 Å². The summed E-state index contributed by atoms with van der Waals surface area (Å²) in [7, 11) is 1.46. The third-order valence-electron chi connectivity index (χ3n) is 2.87. The second kappa shape index (κ2) is 6.89. The lowest BCUT2D eigenvalue weighted by molar-refractivity contribution is 0.386. The molecule has 0 saturated heterocycles. The van der Waals surface area contributed by atoms with E-state index in [1.807, 2.05) is 16.8 Å². The molecule has 0 atom stereocenters. The van der Waals surface area contributed by atoms with E-state index in [4.69, 9.17) is 4.74 Å². The van der Waals surface area contributed by atoms with Gasteiger partial charge < -0.3 is 14.6 Å². The Balaban J connectivity index is 1.69. The number of ether oxygens (including phenoxy) is 1. The predicted molar refractivity (Wildman–Crippen MR) is 71.5 cm³/mol. The maximum absolute atomic E-state index is 13.4. The second-order valence-corrected chi connectivity index (χ2v) is 4.30. The van der Waals surface area contributed by atoms with Gasteiger partial charge in [0.15, 0.2) is 11.6 Å². The number of halogens is 1. The van der Waals surface area contributed by atoms with Gasteiger partial charge in [-0.2, -0.15) is 0 Å². The molecule has 0 unspecified atom stereocenters. The molecule has 0 aliphatic rings. The fraction of sp³-hybridized carbons (Fsp3) is 0.357. The molecule has 2 rings (SSSR count). The van der Waals surface area contributed by atoms with Crippen LogP contribution in [0.1, 0.15) is 12.0 Å². The number of methoxy groups -OCH3 is 1. The second-order valence-electron chi connectivity index (χ2n) is 4.30. The average Bonchev–Trinajstić information content (AvgIpc) is 2.92. The molecule has 1 heterocycles. The molecule has 0 fully saturated rings. The largest absolute Gasteiger partial charge is 0.494 e. The summed E-state index contributed by atoms with van der Waals surface area (Å²) in [5, 5.41) is 3.29. The molecule has 4 nitrogen and oxygen atoms in total. The minimum atomic E-state index is -0.319. The Morgan fingerprint density at radius 3 is 3.00 bits per heavy atom. The van der Waals surface area contributed by atoms with Gasteiger partial charge in [0.05, 0.1) is 13.4 Å². The summed E-state index contributed by atoms with van der Waals surface area (Å²) < 4.78 is 20.4. The van der Waals surface area contributed by atoms with Crippen LogP contribution in [-0.4, -0.2) is 23.2 Å². The fourth-order valence-corrected chi connectivity index (χ4v) is 1.86. The molecule has 0 aliphatic heterocycles. The van der Waals surface area contributed by atoms with E-state index in [1.165, 1.54) is 13.2 Å². The highest BCUT2D eigenvalue weighted by atomic mass is 19.1. The molecule has 1 N–H and O–H groups in total. The van der Waals surface area contributed by atoms with Gasteiger partial charge >= 0.3 is 0 Å². The van der Waals surface area contributed by atoms with Crippen LogP contribution in [0.2, 0.25) is 0 Å². The van der Waals surface area contributed by atoms with Gasteiger partial charge in [-0.15, -0.1) is 0 Å². The van der Waals surface area contributed by atoms with Crippen molar-refractivity contribution in [2.24, 2.45) is 0 Å². The van der Waals surface area contributed by atoms with E-state index >= 15 is 0 Å². The highest BCUT2D eigenvalue weighted by molar-refractivity contribution is 5.29. The first kappa shape index (κ1) is 13.5. The normalized spacial score (nSPS) is 10.6. The van der Waals surface area contributed by atoms with Crippen molar-refractivity contribution in [3.8, 4) is 5.75 Å². The molecule has 2 aromatic rings. The molecule has 5 heteroatoms. The summed E-state index contributed by atoms with van der Waals surface area (Å²) in [5.74, 6) is -0.0379. The first-order valence-corrected chi connectivity index (χ1v) is 6.28. The van der Waals surface area contributed by atoms with E-state index in [0.717, 1.165) is 25.1 Å². The van der Waals surface area contributed by atoms with E-state index in [1.54, 1.807) is 18.6 Å². The highest BCUT2D eigenvalue weighted by Crippen LogP contribution is 2.17. The lowest BCUT2D eigenvalue weighted by atomic mass is 10.2. The molecule has 1 aromatic heterocycles. The number of nitrogens with zero attached hydrogens (tertiary/aromatic N) is 2. The van der Waals surface area contributed by atoms with E-state index in [2.05, 4.69) is 10.3 Å². The lowest BCUT2D eigenvalue weighted by Gasteiger charge is -2.07. The van der Waals surface area contributed by atoms with Gasteiger partial charge in [-0.05, 0) is 30.7 Å². The zero-order valence-corrected chi connectivity index (χ0v) is 11.0. The molecular weight excluding hydrogens is 245 g/mol. The SMILES string of the molecule is COc1ccc(CNCCCn2ccnc2)cc1F. The van der Waals surface area contributed by atoms with Gasteiger partial charge in [-0.1, -0.05) is 6.07 Å². The Hall–Kier alpha value is -1.88. The van der Waals surface area contributed by atoms with Crippen molar-refractivity contribution in [1.29, 1.82) is 0 Å². The third kappa shape index (κ3) is 4.06. The number of benzene rings is 1. The first-order chi connectivity index (χ1) is 9.29. The number of rotatable bonds is 7. The van der Waals surface area contributed by atoms with Crippen LogP contribution in [0.15, 0.2) is 36.9 Å². The molecule has 19 heavy (non-hydrogen) atoms. The van der Waals surface area contributed by atoms with Gasteiger partial charge in [0.25, 0.3) is 0 Å². The molecule has 0 amide bonds. The Kier molecular flexibility index (Phi) is 4.92. The smallest absolute Gasteiger partial charge is 0.165 e. The number of nitrogens with one attached hydrogen (secondary N) is 1. The summed E-state index contributed by atoms with van der Waals surface area (Å²) in [6.45, 7) is 2.47. The Labute approximate surface area is 112 Å². The molecule has 0 aliphatic carbocycles. The van der Waals surface area contributed by atoms with Crippen molar-refractivity contribution < 1.29 is 9.13 Å². The van der Waals surface area contributed by atoms with Crippen molar-refractivity contribution in [2.45, 2.75) is 19.5 Å². The van der Waals surface area contributed by atoms with Crippen LogP contribution < -0.4 is 10.1 Å². The van der Waals surface area contributed by atoms with Gasteiger partial charge in [-0.25, -0.2) is 9.37 Å². The highest BCUT2D eigenvalue weighted by Gasteiger charge is 2.02. The summed E-state index contributed by atoms with van der Waals surface area (Å²) >= 11 is 0. The fourth-order valence-electron chi connectivity index (χ4n) is 1.86. The number of hydrogen-bond donors (Lipinski definition) is 1. The number of imidazole rings is 1. The van der Waals surface area contributed by atoms with E-state index < -0.39 is 0 Å². The number of aromatic nitrogens is 2. The molecule has 0 saturated carbocycles. The monoisotopic (exact) mass is 263 g/mol. The van der Waals surface area contributed by atoms with Gasteiger partial charge in [-0.3, -0.25) is 0 Å². The molecule has 1 aromatic carbocycles.